The van der Waals surface area contributed by atoms with Crippen LogP contribution in [0.15, 0.2) is 23.0 Å². The molecular formula is C20H21F4N5O2. The van der Waals surface area contributed by atoms with Crippen LogP contribution in [-0.4, -0.2) is 45.1 Å². The Morgan fingerprint density at radius 1 is 1.32 bits per heavy atom. The molecule has 1 aliphatic carbocycles. The summed E-state index contributed by atoms with van der Waals surface area (Å²) in [5.74, 6) is -0.602. The summed E-state index contributed by atoms with van der Waals surface area (Å²) >= 11 is 0. The maximum Gasteiger partial charge on any atom is 0.393 e. The Labute approximate surface area is 174 Å². The number of hydrogen-bond donors (Lipinski definition) is 2. The molecule has 0 aliphatic heterocycles. The number of aromatic amines is 1. The van der Waals surface area contributed by atoms with Crippen molar-refractivity contribution in [2.45, 2.75) is 38.1 Å². The molecule has 3 aromatic rings. The number of halogens is 4. The zero-order valence-electron chi connectivity index (χ0n) is 16.9. The summed E-state index contributed by atoms with van der Waals surface area (Å²) in [5, 5.41) is 14.2. The molecule has 166 valence electrons. The normalized spacial score (nSPS) is 15.5. The molecule has 1 atom stereocenters. The average Bonchev–Trinajstić information content (AvgIpc) is 3.44. The Hall–Kier alpha value is -2.95. The van der Waals surface area contributed by atoms with Gasteiger partial charge in [-0.2, -0.15) is 23.3 Å². The van der Waals surface area contributed by atoms with Gasteiger partial charge in [-0.3, -0.25) is 9.78 Å². The number of aromatic nitrogens is 4. The third-order valence-corrected chi connectivity index (χ3v) is 5.34. The van der Waals surface area contributed by atoms with E-state index >= 15 is 0 Å². The minimum absolute atomic E-state index is 0.0615. The van der Waals surface area contributed by atoms with Gasteiger partial charge in [0, 0.05) is 14.1 Å². The number of H-pyrrole nitrogens is 1. The highest BCUT2D eigenvalue weighted by atomic mass is 19.4. The number of aliphatic hydroxyl groups is 1. The van der Waals surface area contributed by atoms with Crippen LogP contribution in [0, 0.1) is 11.7 Å². The zero-order chi connectivity index (χ0) is 22.5. The standard InChI is InChI=1S/C20H21F4N5O2/c1-28(2)19-25-17-15(18(31)26-19)14(9-30)27-29(17)16(10-3-4-10)11-5-6-12(13(21)7-11)8-20(22,23)24/h5-7,10,16,30H,3-4,8-9H2,1-2H3,(H,25,26,31)/t16-/m0/s1. The van der Waals surface area contributed by atoms with Crippen molar-refractivity contribution in [3.63, 3.8) is 0 Å². The number of rotatable bonds is 6. The van der Waals surface area contributed by atoms with Crippen molar-refractivity contribution in [1.82, 2.24) is 19.7 Å². The SMILES string of the molecule is CN(C)c1nc2c(c(CO)nn2[C@H](c2ccc(CC(F)(F)F)c(F)c2)C2CC2)c(=O)[nH]1. The van der Waals surface area contributed by atoms with E-state index in [1.165, 1.54) is 10.7 Å². The van der Waals surface area contributed by atoms with Gasteiger partial charge in [0.25, 0.3) is 5.56 Å². The van der Waals surface area contributed by atoms with E-state index in [-0.39, 0.29) is 28.6 Å². The number of aliphatic hydroxyl groups excluding tert-OH is 1. The van der Waals surface area contributed by atoms with Gasteiger partial charge < -0.3 is 10.0 Å². The number of nitrogens with one attached hydrogen (secondary N) is 1. The second-order valence-electron chi connectivity index (χ2n) is 7.96. The van der Waals surface area contributed by atoms with E-state index in [1.807, 2.05) is 0 Å². The van der Waals surface area contributed by atoms with E-state index in [2.05, 4.69) is 15.1 Å². The second-order valence-corrected chi connectivity index (χ2v) is 7.96. The van der Waals surface area contributed by atoms with Gasteiger partial charge in [-0.25, -0.2) is 9.07 Å². The number of anilines is 1. The molecule has 0 saturated heterocycles. The summed E-state index contributed by atoms with van der Waals surface area (Å²) in [5.41, 5.74) is -0.0998. The molecular weight excluding hydrogens is 418 g/mol. The van der Waals surface area contributed by atoms with Gasteiger partial charge in [-0.05, 0) is 36.0 Å². The summed E-state index contributed by atoms with van der Waals surface area (Å²) in [7, 11) is 3.40. The Morgan fingerprint density at radius 2 is 2.03 bits per heavy atom. The van der Waals surface area contributed by atoms with Crippen LogP contribution in [0.3, 0.4) is 0 Å². The van der Waals surface area contributed by atoms with E-state index in [0.29, 0.717) is 5.56 Å². The van der Waals surface area contributed by atoms with Crippen molar-refractivity contribution in [3.8, 4) is 0 Å². The molecule has 0 bridgehead atoms. The molecule has 0 unspecified atom stereocenters. The molecule has 31 heavy (non-hydrogen) atoms. The van der Waals surface area contributed by atoms with Gasteiger partial charge in [0.15, 0.2) is 5.65 Å². The highest BCUT2D eigenvalue weighted by molar-refractivity contribution is 5.78. The van der Waals surface area contributed by atoms with Crippen LogP contribution in [0.1, 0.15) is 35.7 Å². The number of alkyl halides is 3. The van der Waals surface area contributed by atoms with Gasteiger partial charge in [-0.1, -0.05) is 12.1 Å². The average molecular weight is 439 g/mol. The van der Waals surface area contributed by atoms with Crippen molar-refractivity contribution in [3.05, 3.63) is 51.2 Å². The Bertz CT molecular complexity index is 1180. The van der Waals surface area contributed by atoms with Crippen LogP contribution < -0.4 is 10.5 Å². The highest BCUT2D eigenvalue weighted by Gasteiger charge is 2.37. The number of benzene rings is 1. The van der Waals surface area contributed by atoms with E-state index in [1.54, 1.807) is 19.0 Å². The third-order valence-electron chi connectivity index (χ3n) is 5.34. The molecule has 1 fully saturated rings. The number of fused-ring (bicyclic) bond motifs is 1. The Balaban J connectivity index is 1.86. The molecule has 1 aromatic carbocycles. The first-order valence-corrected chi connectivity index (χ1v) is 9.73. The van der Waals surface area contributed by atoms with Crippen LogP contribution in [0.5, 0.6) is 0 Å². The molecule has 1 saturated carbocycles. The maximum atomic E-state index is 14.5. The summed E-state index contributed by atoms with van der Waals surface area (Å²) in [6.45, 7) is -0.494. The Kier molecular flexibility index (Phi) is 5.24. The summed E-state index contributed by atoms with van der Waals surface area (Å²) in [6, 6.07) is 3.16. The van der Waals surface area contributed by atoms with Crippen molar-refractivity contribution in [2.24, 2.45) is 5.92 Å². The lowest BCUT2D eigenvalue weighted by Gasteiger charge is -2.20. The zero-order valence-corrected chi connectivity index (χ0v) is 16.9. The lowest BCUT2D eigenvalue weighted by molar-refractivity contribution is -0.127. The van der Waals surface area contributed by atoms with Gasteiger partial charge in [-0.15, -0.1) is 0 Å². The molecule has 4 rings (SSSR count). The van der Waals surface area contributed by atoms with Crippen LogP contribution in [0.25, 0.3) is 11.0 Å². The van der Waals surface area contributed by atoms with Crippen molar-refractivity contribution in [2.75, 3.05) is 19.0 Å². The predicted octanol–water partition coefficient (Wildman–Crippen LogP) is 2.92. The van der Waals surface area contributed by atoms with Crippen molar-refractivity contribution >= 4 is 17.0 Å². The summed E-state index contributed by atoms with van der Waals surface area (Å²) in [6.07, 6.45) is -4.23. The molecule has 7 nitrogen and oxygen atoms in total. The van der Waals surface area contributed by atoms with E-state index in [9.17, 15) is 27.5 Å². The van der Waals surface area contributed by atoms with Crippen LogP contribution in [0.4, 0.5) is 23.5 Å². The fourth-order valence-electron chi connectivity index (χ4n) is 3.75. The maximum absolute atomic E-state index is 14.5. The molecule has 0 amide bonds. The predicted molar refractivity (Wildman–Crippen MR) is 105 cm³/mol. The Morgan fingerprint density at radius 3 is 2.58 bits per heavy atom. The minimum atomic E-state index is -4.51. The molecule has 1 aliphatic rings. The molecule has 0 radical (unpaired) electrons. The topological polar surface area (TPSA) is 87.0 Å². The molecule has 2 N–H and O–H groups in total. The first kappa shape index (κ1) is 21.3. The second kappa shape index (κ2) is 7.63. The quantitative estimate of drug-likeness (QED) is 0.577. The highest BCUT2D eigenvalue weighted by Crippen LogP contribution is 2.44. The molecule has 11 heteroatoms. The van der Waals surface area contributed by atoms with E-state index in [4.69, 9.17) is 0 Å². The van der Waals surface area contributed by atoms with Crippen molar-refractivity contribution < 1.29 is 22.7 Å². The first-order valence-electron chi connectivity index (χ1n) is 9.73. The molecule has 2 heterocycles. The lowest BCUT2D eigenvalue weighted by atomic mass is 9.99. The third kappa shape index (κ3) is 4.14. The molecule has 2 aromatic heterocycles. The van der Waals surface area contributed by atoms with Crippen molar-refractivity contribution in [1.29, 1.82) is 0 Å². The molecule has 0 spiro atoms. The van der Waals surface area contributed by atoms with Gasteiger partial charge in [0.1, 0.15) is 16.9 Å². The smallest absolute Gasteiger partial charge is 0.390 e. The number of nitrogens with zero attached hydrogens (tertiary/aromatic N) is 4. The van der Waals surface area contributed by atoms with E-state index in [0.717, 1.165) is 25.0 Å². The minimum Gasteiger partial charge on any atom is -0.390 e. The largest absolute Gasteiger partial charge is 0.393 e. The fraction of sp³-hybridized carbons (Fsp3) is 0.450. The van der Waals surface area contributed by atoms with Gasteiger partial charge >= 0.3 is 6.18 Å². The number of hydrogen-bond acceptors (Lipinski definition) is 5. The fourth-order valence-corrected chi connectivity index (χ4v) is 3.75. The first-order chi connectivity index (χ1) is 14.6. The van der Waals surface area contributed by atoms with Crippen LogP contribution in [-0.2, 0) is 13.0 Å². The lowest BCUT2D eigenvalue weighted by Crippen LogP contribution is -2.21. The van der Waals surface area contributed by atoms with E-state index < -0.39 is 42.2 Å². The van der Waals surface area contributed by atoms with Gasteiger partial charge in [0.2, 0.25) is 5.95 Å². The van der Waals surface area contributed by atoms with Gasteiger partial charge in [0.05, 0.1) is 19.1 Å². The van der Waals surface area contributed by atoms with Crippen LogP contribution in [0.2, 0.25) is 0 Å². The summed E-state index contributed by atoms with van der Waals surface area (Å²) in [4.78, 5) is 21.3. The monoisotopic (exact) mass is 439 g/mol. The summed E-state index contributed by atoms with van der Waals surface area (Å²) < 4.78 is 54.1. The van der Waals surface area contributed by atoms with Crippen LogP contribution >= 0.6 is 0 Å².